The number of hydrogen-bond acceptors (Lipinski definition) is 5. The topological polar surface area (TPSA) is 78.7 Å². The number of anilines is 2. The minimum atomic E-state index is -0.403. The van der Waals surface area contributed by atoms with Crippen LogP contribution >= 0.6 is 0 Å². The van der Waals surface area contributed by atoms with Crippen molar-refractivity contribution in [1.29, 1.82) is 0 Å². The van der Waals surface area contributed by atoms with E-state index in [0.29, 0.717) is 26.1 Å². The van der Waals surface area contributed by atoms with E-state index in [9.17, 15) is 19.3 Å². The molecule has 2 heterocycles. The average Bonchev–Trinajstić information content (AvgIpc) is 2.73. The van der Waals surface area contributed by atoms with Crippen molar-refractivity contribution in [3.05, 3.63) is 64.0 Å². The Labute approximate surface area is 168 Å². The summed E-state index contributed by atoms with van der Waals surface area (Å²) in [6, 6.07) is 11.2. The fourth-order valence-electron chi connectivity index (χ4n) is 4.41. The number of nitrogens with one attached hydrogen (secondary N) is 1. The number of fused-ring (bicyclic) bond motifs is 3. The molecular weight excluding hydrogens is 375 g/mol. The summed E-state index contributed by atoms with van der Waals surface area (Å²) < 4.78 is 13.3. The highest BCUT2D eigenvalue weighted by molar-refractivity contribution is 5.82. The van der Waals surface area contributed by atoms with Gasteiger partial charge in [0, 0.05) is 49.7 Å². The molecule has 2 aliphatic rings. The summed E-state index contributed by atoms with van der Waals surface area (Å²) in [5.41, 5.74) is 2.76. The smallest absolute Gasteiger partial charge is 0.269 e. The lowest BCUT2D eigenvalue weighted by Crippen LogP contribution is -2.61. The van der Waals surface area contributed by atoms with Gasteiger partial charge >= 0.3 is 0 Å². The largest absolute Gasteiger partial charge is 0.368 e. The molecule has 0 saturated carbocycles. The van der Waals surface area contributed by atoms with Crippen LogP contribution in [0.2, 0.25) is 0 Å². The van der Waals surface area contributed by atoms with Gasteiger partial charge in [0.05, 0.1) is 16.9 Å². The monoisotopic (exact) mass is 398 g/mol. The summed E-state index contributed by atoms with van der Waals surface area (Å²) in [5.74, 6) is -0.630. The number of nitro groups is 1. The van der Waals surface area contributed by atoms with Crippen molar-refractivity contribution in [2.24, 2.45) is 5.92 Å². The number of non-ortho nitro benzene ring substituents is 1. The van der Waals surface area contributed by atoms with Crippen LogP contribution in [0.4, 0.5) is 21.5 Å². The van der Waals surface area contributed by atoms with Crippen LogP contribution in [0.1, 0.15) is 12.5 Å². The number of hydrogen-bond donors (Lipinski definition) is 1. The fourth-order valence-corrected chi connectivity index (χ4v) is 4.41. The predicted octanol–water partition coefficient (Wildman–Crippen LogP) is 2.74. The number of carbonyl (C=O) groups is 1. The van der Waals surface area contributed by atoms with Gasteiger partial charge < -0.3 is 15.1 Å². The van der Waals surface area contributed by atoms with Gasteiger partial charge in [0.2, 0.25) is 5.91 Å². The molecule has 0 radical (unpaired) electrons. The number of rotatable bonds is 4. The molecule has 4 rings (SSSR count). The molecule has 0 bridgehead atoms. The Balaban J connectivity index is 1.67. The first-order valence-electron chi connectivity index (χ1n) is 9.80. The highest BCUT2D eigenvalue weighted by Crippen LogP contribution is 2.38. The molecule has 2 aromatic rings. The van der Waals surface area contributed by atoms with Crippen molar-refractivity contribution >= 4 is 23.0 Å². The minimum absolute atomic E-state index is 0.0411. The Kier molecular flexibility index (Phi) is 5.08. The molecule has 7 nitrogen and oxygen atoms in total. The van der Waals surface area contributed by atoms with Gasteiger partial charge in [0.1, 0.15) is 5.82 Å². The molecule has 1 fully saturated rings. The first-order valence-corrected chi connectivity index (χ1v) is 9.80. The van der Waals surface area contributed by atoms with Crippen molar-refractivity contribution in [2.75, 3.05) is 36.0 Å². The zero-order valence-electron chi connectivity index (χ0n) is 16.2. The maximum absolute atomic E-state index is 13.3. The molecule has 0 unspecified atom stereocenters. The van der Waals surface area contributed by atoms with Crippen molar-refractivity contribution in [2.45, 2.75) is 19.4 Å². The molecule has 1 saturated heterocycles. The van der Waals surface area contributed by atoms with Crippen molar-refractivity contribution in [3.63, 3.8) is 0 Å². The normalized spacial score (nSPS) is 20.6. The maximum atomic E-state index is 13.3. The molecule has 2 aromatic carbocycles. The van der Waals surface area contributed by atoms with E-state index >= 15 is 0 Å². The second-order valence-electron chi connectivity index (χ2n) is 7.46. The number of nitrogens with zero attached hydrogens (tertiary/aromatic N) is 3. The summed E-state index contributed by atoms with van der Waals surface area (Å²) in [5, 5.41) is 14.1. The van der Waals surface area contributed by atoms with Crippen LogP contribution in [0.25, 0.3) is 0 Å². The molecule has 0 aromatic heterocycles. The molecule has 2 aliphatic heterocycles. The summed E-state index contributed by atoms with van der Waals surface area (Å²) in [7, 11) is 0. The van der Waals surface area contributed by atoms with Crippen LogP contribution in [0, 0.1) is 21.8 Å². The Hall–Kier alpha value is -3.16. The van der Waals surface area contributed by atoms with Gasteiger partial charge in [-0.05, 0) is 49.2 Å². The van der Waals surface area contributed by atoms with Crippen LogP contribution in [0.3, 0.4) is 0 Å². The van der Waals surface area contributed by atoms with Gasteiger partial charge in [0.15, 0.2) is 0 Å². The van der Waals surface area contributed by atoms with E-state index in [1.165, 1.54) is 18.2 Å². The molecule has 2 atom stereocenters. The van der Waals surface area contributed by atoms with Crippen LogP contribution < -0.4 is 15.1 Å². The lowest BCUT2D eigenvalue weighted by molar-refractivity contribution is -0.384. The summed E-state index contributed by atoms with van der Waals surface area (Å²) in [6.07, 6.45) is 0.460. The summed E-state index contributed by atoms with van der Waals surface area (Å²) >= 11 is 0. The highest BCUT2D eigenvalue weighted by atomic mass is 19.1. The number of piperazine rings is 1. The number of nitro benzene ring substituents is 1. The SMILES string of the molecule is CCNC(=O)[C@@H]1Cc2cc([N+](=O)[O-])ccc2N2CCN(c3ccc(F)cc3)C[C@H]12. The van der Waals surface area contributed by atoms with E-state index in [1.54, 1.807) is 24.3 Å². The van der Waals surface area contributed by atoms with Crippen LogP contribution in [0.5, 0.6) is 0 Å². The quantitative estimate of drug-likeness (QED) is 0.633. The Morgan fingerprint density at radius 3 is 2.69 bits per heavy atom. The van der Waals surface area contributed by atoms with E-state index in [2.05, 4.69) is 15.1 Å². The number of amides is 1. The lowest BCUT2D eigenvalue weighted by atomic mass is 9.83. The van der Waals surface area contributed by atoms with Gasteiger partial charge in [-0.25, -0.2) is 4.39 Å². The average molecular weight is 398 g/mol. The Morgan fingerprint density at radius 2 is 2.00 bits per heavy atom. The first-order chi connectivity index (χ1) is 14.0. The summed E-state index contributed by atoms with van der Waals surface area (Å²) in [4.78, 5) is 28.0. The Morgan fingerprint density at radius 1 is 1.24 bits per heavy atom. The van der Waals surface area contributed by atoms with Crippen LogP contribution in [-0.2, 0) is 11.2 Å². The van der Waals surface area contributed by atoms with Crippen LogP contribution in [-0.4, -0.2) is 43.1 Å². The molecular formula is C21H23FN4O3. The van der Waals surface area contributed by atoms with Gasteiger partial charge in [-0.2, -0.15) is 0 Å². The Bertz CT molecular complexity index is 934. The van der Waals surface area contributed by atoms with Crippen molar-refractivity contribution < 1.29 is 14.1 Å². The maximum Gasteiger partial charge on any atom is 0.269 e. The van der Waals surface area contributed by atoms with E-state index < -0.39 is 4.92 Å². The molecule has 8 heteroatoms. The first kappa shape index (κ1) is 19.2. The third kappa shape index (κ3) is 3.62. The second kappa shape index (κ2) is 7.69. The number of halogens is 1. The number of benzene rings is 2. The van der Waals surface area contributed by atoms with Crippen LogP contribution in [0.15, 0.2) is 42.5 Å². The van der Waals surface area contributed by atoms with Gasteiger partial charge in [0.25, 0.3) is 5.69 Å². The van der Waals surface area contributed by atoms with Crippen molar-refractivity contribution in [3.8, 4) is 0 Å². The molecule has 0 aliphatic carbocycles. The molecule has 0 spiro atoms. The van der Waals surface area contributed by atoms with E-state index in [-0.39, 0.29) is 29.4 Å². The standard InChI is InChI=1S/C21H23FN4O3/c1-2-23-21(27)18-12-14-11-17(26(28)29)7-8-19(14)25-10-9-24(13-20(18)25)16-5-3-15(22)4-6-16/h3-8,11,18,20H,2,9-10,12-13H2,1H3,(H,23,27)/t18-,20-/m1/s1. The predicted molar refractivity (Wildman–Crippen MR) is 109 cm³/mol. The second-order valence-corrected chi connectivity index (χ2v) is 7.46. The molecule has 1 amide bonds. The third-order valence-corrected chi connectivity index (χ3v) is 5.79. The van der Waals surface area contributed by atoms with Gasteiger partial charge in [-0.3, -0.25) is 14.9 Å². The fraction of sp³-hybridized carbons (Fsp3) is 0.381. The zero-order chi connectivity index (χ0) is 20.5. The number of carbonyl (C=O) groups excluding carboxylic acids is 1. The third-order valence-electron chi connectivity index (χ3n) is 5.79. The van der Waals surface area contributed by atoms with Gasteiger partial charge in [-0.15, -0.1) is 0 Å². The molecule has 152 valence electrons. The van der Waals surface area contributed by atoms with Crippen molar-refractivity contribution in [1.82, 2.24) is 5.32 Å². The molecule has 29 heavy (non-hydrogen) atoms. The highest BCUT2D eigenvalue weighted by Gasteiger charge is 2.41. The van der Waals surface area contributed by atoms with E-state index in [4.69, 9.17) is 0 Å². The van der Waals surface area contributed by atoms with E-state index in [1.807, 2.05) is 6.92 Å². The minimum Gasteiger partial charge on any atom is -0.368 e. The molecule has 1 N–H and O–H groups in total. The lowest BCUT2D eigenvalue weighted by Gasteiger charge is -2.49. The van der Waals surface area contributed by atoms with Gasteiger partial charge in [-0.1, -0.05) is 0 Å². The summed E-state index contributed by atoms with van der Waals surface area (Å²) in [6.45, 7) is 4.45. The van der Waals surface area contributed by atoms with E-state index in [0.717, 1.165) is 23.5 Å². The zero-order valence-corrected chi connectivity index (χ0v) is 16.2.